The van der Waals surface area contributed by atoms with Gasteiger partial charge in [-0.15, -0.1) is 0 Å². The van der Waals surface area contributed by atoms with Gasteiger partial charge in [-0.3, -0.25) is 4.79 Å². The van der Waals surface area contributed by atoms with Gasteiger partial charge in [-0.1, -0.05) is 0 Å². The van der Waals surface area contributed by atoms with Crippen LogP contribution in [0.1, 0.15) is 23.7 Å². The van der Waals surface area contributed by atoms with Crippen LogP contribution in [0.4, 0.5) is 5.69 Å². The van der Waals surface area contributed by atoms with Gasteiger partial charge in [-0.05, 0) is 44.2 Å². The van der Waals surface area contributed by atoms with Gasteiger partial charge in [0.2, 0.25) is 0 Å². The molecule has 0 aliphatic heterocycles. The molecule has 0 unspecified atom stereocenters. The SMILES string of the molecule is CC(=O)c1ccc(NCCCN)cc1. The summed E-state index contributed by atoms with van der Waals surface area (Å²) in [6.45, 7) is 3.13. The van der Waals surface area contributed by atoms with E-state index in [-0.39, 0.29) is 5.78 Å². The van der Waals surface area contributed by atoms with E-state index >= 15 is 0 Å². The summed E-state index contributed by atoms with van der Waals surface area (Å²) >= 11 is 0. The second kappa shape index (κ2) is 5.40. The second-order valence-electron chi connectivity index (χ2n) is 3.20. The maximum atomic E-state index is 11.0. The number of ketones is 1. The Hall–Kier alpha value is -1.35. The van der Waals surface area contributed by atoms with Crippen molar-refractivity contribution in [3.05, 3.63) is 29.8 Å². The van der Waals surface area contributed by atoms with Crippen molar-refractivity contribution in [1.82, 2.24) is 0 Å². The van der Waals surface area contributed by atoms with Gasteiger partial charge in [0, 0.05) is 17.8 Å². The Bertz CT molecular complexity index is 293. The molecule has 1 aromatic rings. The Morgan fingerprint density at radius 2 is 2.00 bits per heavy atom. The first-order valence-electron chi connectivity index (χ1n) is 4.79. The zero-order valence-corrected chi connectivity index (χ0v) is 8.42. The number of carbonyl (C=O) groups is 1. The van der Waals surface area contributed by atoms with Gasteiger partial charge in [-0.25, -0.2) is 0 Å². The Labute approximate surface area is 84.3 Å². The molecule has 1 rings (SSSR count). The number of nitrogens with one attached hydrogen (secondary N) is 1. The van der Waals surface area contributed by atoms with Crippen LogP contribution in [0.2, 0.25) is 0 Å². The Morgan fingerprint density at radius 3 is 2.50 bits per heavy atom. The van der Waals surface area contributed by atoms with Crippen molar-refractivity contribution in [3.63, 3.8) is 0 Å². The topological polar surface area (TPSA) is 55.1 Å². The van der Waals surface area contributed by atoms with Crippen molar-refractivity contribution < 1.29 is 4.79 Å². The van der Waals surface area contributed by atoms with E-state index in [1.165, 1.54) is 0 Å². The van der Waals surface area contributed by atoms with E-state index in [9.17, 15) is 4.79 Å². The third-order valence-electron chi connectivity index (χ3n) is 2.00. The van der Waals surface area contributed by atoms with Crippen LogP contribution in [0.3, 0.4) is 0 Å². The van der Waals surface area contributed by atoms with Gasteiger partial charge in [0.1, 0.15) is 0 Å². The molecule has 1 aromatic carbocycles. The number of benzene rings is 1. The molecule has 76 valence electrons. The summed E-state index contributed by atoms with van der Waals surface area (Å²) < 4.78 is 0. The molecule has 0 saturated carbocycles. The molecule has 0 atom stereocenters. The number of anilines is 1. The van der Waals surface area contributed by atoms with Crippen LogP contribution < -0.4 is 11.1 Å². The van der Waals surface area contributed by atoms with E-state index in [0.717, 1.165) is 24.2 Å². The minimum Gasteiger partial charge on any atom is -0.385 e. The van der Waals surface area contributed by atoms with Crippen LogP contribution in [-0.4, -0.2) is 18.9 Å². The largest absolute Gasteiger partial charge is 0.385 e. The summed E-state index contributed by atoms with van der Waals surface area (Å²) in [5, 5.41) is 3.22. The van der Waals surface area contributed by atoms with Gasteiger partial charge in [0.25, 0.3) is 0 Å². The highest BCUT2D eigenvalue weighted by atomic mass is 16.1. The van der Waals surface area contributed by atoms with E-state index in [4.69, 9.17) is 5.73 Å². The van der Waals surface area contributed by atoms with Crippen LogP contribution in [0.5, 0.6) is 0 Å². The van der Waals surface area contributed by atoms with E-state index in [1.807, 2.05) is 24.3 Å². The fourth-order valence-corrected chi connectivity index (χ4v) is 1.16. The minimum atomic E-state index is 0.0958. The summed E-state index contributed by atoms with van der Waals surface area (Å²) in [7, 11) is 0. The summed E-state index contributed by atoms with van der Waals surface area (Å²) in [6, 6.07) is 7.47. The highest BCUT2D eigenvalue weighted by Crippen LogP contribution is 2.09. The lowest BCUT2D eigenvalue weighted by atomic mass is 10.1. The molecule has 3 nitrogen and oxygen atoms in total. The maximum absolute atomic E-state index is 11.0. The third kappa shape index (κ3) is 3.18. The van der Waals surface area contributed by atoms with E-state index in [1.54, 1.807) is 6.92 Å². The quantitative estimate of drug-likeness (QED) is 0.551. The van der Waals surface area contributed by atoms with Crippen LogP contribution in [0.15, 0.2) is 24.3 Å². The number of rotatable bonds is 5. The predicted octanol–water partition coefficient (Wildman–Crippen LogP) is 1.65. The number of carbonyl (C=O) groups excluding carboxylic acids is 1. The van der Waals surface area contributed by atoms with E-state index in [0.29, 0.717) is 6.54 Å². The molecule has 3 N–H and O–H groups in total. The van der Waals surface area contributed by atoms with Crippen molar-refractivity contribution in [2.75, 3.05) is 18.4 Å². The molecular formula is C11H16N2O. The highest BCUT2D eigenvalue weighted by molar-refractivity contribution is 5.94. The summed E-state index contributed by atoms with van der Waals surface area (Å²) in [5.41, 5.74) is 7.15. The standard InChI is InChI=1S/C11H16N2O/c1-9(14)10-3-5-11(6-4-10)13-8-2-7-12/h3-6,13H,2,7-8,12H2,1H3. The third-order valence-corrected chi connectivity index (χ3v) is 2.00. The van der Waals surface area contributed by atoms with Crippen molar-refractivity contribution >= 4 is 11.5 Å². The van der Waals surface area contributed by atoms with Crippen LogP contribution >= 0.6 is 0 Å². The lowest BCUT2D eigenvalue weighted by molar-refractivity contribution is 0.101. The molecule has 0 aromatic heterocycles. The lowest BCUT2D eigenvalue weighted by Crippen LogP contribution is -2.08. The average Bonchev–Trinajstić information content (AvgIpc) is 2.19. The predicted molar refractivity (Wildman–Crippen MR) is 58.6 cm³/mol. The number of hydrogen-bond donors (Lipinski definition) is 2. The average molecular weight is 192 g/mol. The molecule has 0 saturated heterocycles. The van der Waals surface area contributed by atoms with E-state index < -0.39 is 0 Å². The normalized spacial score (nSPS) is 9.86. The summed E-state index contributed by atoms with van der Waals surface area (Å²) in [5.74, 6) is 0.0958. The second-order valence-corrected chi connectivity index (χ2v) is 3.20. The summed E-state index contributed by atoms with van der Waals surface area (Å²) in [6.07, 6.45) is 0.953. The summed E-state index contributed by atoms with van der Waals surface area (Å²) in [4.78, 5) is 11.0. The lowest BCUT2D eigenvalue weighted by Gasteiger charge is -2.05. The molecule has 0 heterocycles. The van der Waals surface area contributed by atoms with Crippen molar-refractivity contribution in [3.8, 4) is 0 Å². The van der Waals surface area contributed by atoms with Gasteiger partial charge in [0.15, 0.2) is 5.78 Å². The van der Waals surface area contributed by atoms with Crippen molar-refractivity contribution in [1.29, 1.82) is 0 Å². The van der Waals surface area contributed by atoms with Crippen molar-refractivity contribution in [2.45, 2.75) is 13.3 Å². The maximum Gasteiger partial charge on any atom is 0.159 e. The van der Waals surface area contributed by atoms with Gasteiger partial charge < -0.3 is 11.1 Å². The number of nitrogens with two attached hydrogens (primary N) is 1. The first-order valence-corrected chi connectivity index (χ1v) is 4.79. The minimum absolute atomic E-state index is 0.0958. The van der Waals surface area contributed by atoms with Gasteiger partial charge in [0.05, 0.1) is 0 Å². The Balaban J connectivity index is 2.51. The van der Waals surface area contributed by atoms with E-state index in [2.05, 4.69) is 5.32 Å². The van der Waals surface area contributed by atoms with Gasteiger partial charge >= 0.3 is 0 Å². The Morgan fingerprint density at radius 1 is 1.36 bits per heavy atom. The monoisotopic (exact) mass is 192 g/mol. The zero-order chi connectivity index (χ0) is 10.4. The Kier molecular flexibility index (Phi) is 4.13. The molecule has 0 aliphatic carbocycles. The molecule has 0 fully saturated rings. The molecule has 0 radical (unpaired) electrons. The van der Waals surface area contributed by atoms with Crippen LogP contribution in [0.25, 0.3) is 0 Å². The molecule has 0 spiro atoms. The van der Waals surface area contributed by atoms with Crippen LogP contribution in [0, 0.1) is 0 Å². The zero-order valence-electron chi connectivity index (χ0n) is 8.42. The molecule has 0 aliphatic rings. The number of hydrogen-bond acceptors (Lipinski definition) is 3. The smallest absolute Gasteiger partial charge is 0.159 e. The van der Waals surface area contributed by atoms with Crippen LogP contribution in [-0.2, 0) is 0 Å². The fourth-order valence-electron chi connectivity index (χ4n) is 1.16. The van der Waals surface area contributed by atoms with Gasteiger partial charge in [-0.2, -0.15) is 0 Å². The first-order chi connectivity index (χ1) is 6.74. The molecule has 3 heteroatoms. The molecule has 0 amide bonds. The molecule has 0 bridgehead atoms. The molecule has 14 heavy (non-hydrogen) atoms. The highest BCUT2D eigenvalue weighted by Gasteiger charge is 1.97. The molecular weight excluding hydrogens is 176 g/mol. The first kappa shape index (κ1) is 10.7. The number of Topliss-reactive ketones (excluding diaryl/α,β-unsaturated/α-hetero) is 1. The fraction of sp³-hybridized carbons (Fsp3) is 0.364. The van der Waals surface area contributed by atoms with Crippen molar-refractivity contribution in [2.24, 2.45) is 5.73 Å².